The van der Waals surface area contributed by atoms with Crippen molar-refractivity contribution in [3.8, 4) is 11.3 Å². The molecule has 0 radical (unpaired) electrons. The van der Waals surface area contributed by atoms with Gasteiger partial charge >= 0.3 is 0 Å². The average Bonchev–Trinajstić information content (AvgIpc) is 3.28. The van der Waals surface area contributed by atoms with Gasteiger partial charge in [-0.3, -0.25) is 0 Å². The zero-order valence-corrected chi connectivity index (χ0v) is 13.8. The number of fused-ring (bicyclic) bond motifs is 2. The summed E-state index contributed by atoms with van der Waals surface area (Å²) in [5.41, 5.74) is 3.19. The summed E-state index contributed by atoms with van der Waals surface area (Å²) in [6.07, 6.45) is 1.96. The second-order valence-electron chi connectivity index (χ2n) is 7.20. The van der Waals surface area contributed by atoms with Gasteiger partial charge in [-0.15, -0.1) is 10.2 Å². The predicted octanol–water partition coefficient (Wildman–Crippen LogP) is 2.62. The van der Waals surface area contributed by atoms with Crippen LogP contribution in [0.25, 0.3) is 22.2 Å². The third-order valence-corrected chi connectivity index (χ3v) is 5.49. The Morgan fingerprint density at radius 1 is 0.958 bits per heavy atom. The van der Waals surface area contributed by atoms with Crippen LogP contribution in [0.3, 0.4) is 0 Å². The number of likely N-dealkylation sites (tertiary alicyclic amines) is 1. The van der Waals surface area contributed by atoms with Crippen molar-refractivity contribution in [1.29, 1.82) is 0 Å². The summed E-state index contributed by atoms with van der Waals surface area (Å²) in [6, 6.07) is 12.6. The third kappa shape index (κ3) is 2.27. The van der Waals surface area contributed by atoms with Crippen molar-refractivity contribution in [2.24, 2.45) is 11.8 Å². The van der Waals surface area contributed by atoms with Crippen LogP contribution in [-0.2, 0) is 0 Å². The van der Waals surface area contributed by atoms with E-state index >= 15 is 0 Å². The fourth-order valence-corrected chi connectivity index (χ4v) is 4.28. The molecular formula is C19H21N5. The molecule has 2 atom stereocenters. The van der Waals surface area contributed by atoms with Crippen LogP contribution < -0.4 is 4.90 Å². The van der Waals surface area contributed by atoms with Gasteiger partial charge in [-0.2, -0.15) is 0 Å². The number of nitrogens with one attached hydrogen (secondary N) is 1. The molecule has 3 aromatic rings. The van der Waals surface area contributed by atoms with Crippen LogP contribution in [0.15, 0.2) is 42.6 Å². The molecule has 0 saturated carbocycles. The number of hydrogen-bond acceptors (Lipinski definition) is 4. The largest absolute Gasteiger partial charge is 0.361 e. The Balaban J connectivity index is 1.37. The molecule has 2 fully saturated rings. The van der Waals surface area contributed by atoms with Crippen molar-refractivity contribution < 1.29 is 0 Å². The molecule has 0 spiro atoms. The van der Waals surface area contributed by atoms with Crippen LogP contribution >= 0.6 is 0 Å². The third-order valence-electron chi connectivity index (χ3n) is 5.49. The minimum absolute atomic E-state index is 0.785. The minimum atomic E-state index is 0.785. The van der Waals surface area contributed by atoms with E-state index in [9.17, 15) is 0 Å². The van der Waals surface area contributed by atoms with Gasteiger partial charge in [-0.1, -0.05) is 6.07 Å². The molecular weight excluding hydrogens is 298 g/mol. The van der Waals surface area contributed by atoms with Crippen LogP contribution in [0.5, 0.6) is 0 Å². The fourth-order valence-electron chi connectivity index (χ4n) is 4.28. The quantitative estimate of drug-likeness (QED) is 0.789. The Bertz CT molecular complexity index is 855. The normalized spacial score (nSPS) is 24.0. The van der Waals surface area contributed by atoms with Gasteiger partial charge in [-0.05, 0) is 49.2 Å². The lowest BCUT2D eigenvalue weighted by atomic mass is 10.0. The van der Waals surface area contributed by atoms with Gasteiger partial charge < -0.3 is 14.8 Å². The van der Waals surface area contributed by atoms with E-state index in [0.717, 1.165) is 47.5 Å². The van der Waals surface area contributed by atoms with E-state index in [-0.39, 0.29) is 0 Å². The molecule has 5 heteroatoms. The number of rotatable bonds is 2. The van der Waals surface area contributed by atoms with Crippen LogP contribution in [0.4, 0.5) is 5.82 Å². The van der Waals surface area contributed by atoms with Crippen molar-refractivity contribution in [3.05, 3.63) is 42.6 Å². The Kier molecular flexibility index (Phi) is 3.10. The molecule has 122 valence electrons. The maximum absolute atomic E-state index is 4.51. The molecule has 2 unspecified atom stereocenters. The maximum Gasteiger partial charge on any atom is 0.151 e. The zero-order chi connectivity index (χ0) is 16.1. The molecule has 5 rings (SSSR count). The standard InChI is InChI=1S/C19H21N5/c1-23-9-15-11-24(12-16(15)10-23)19-5-4-18(21-22-19)13-2-3-17-14(8-13)6-7-20-17/h2-8,15-16,20H,9-12H2,1H3. The highest BCUT2D eigenvalue weighted by atomic mass is 15.3. The van der Waals surface area contributed by atoms with Crippen LogP contribution in [0.1, 0.15) is 0 Å². The first-order valence-corrected chi connectivity index (χ1v) is 8.61. The van der Waals surface area contributed by atoms with Gasteiger partial charge in [0.2, 0.25) is 0 Å². The van der Waals surface area contributed by atoms with E-state index in [4.69, 9.17) is 0 Å². The van der Waals surface area contributed by atoms with Gasteiger partial charge in [0, 0.05) is 48.8 Å². The van der Waals surface area contributed by atoms with E-state index in [0.29, 0.717) is 0 Å². The number of benzene rings is 1. The molecule has 2 aliphatic heterocycles. The summed E-state index contributed by atoms with van der Waals surface area (Å²) in [7, 11) is 2.22. The second-order valence-corrected chi connectivity index (χ2v) is 7.20. The van der Waals surface area contributed by atoms with Crippen molar-refractivity contribution in [1.82, 2.24) is 20.1 Å². The molecule has 1 N–H and O–H groups in total. The number of hydrogen-bond donors (Lipinski definition) is 1. The number of H-pyrrole nitrogens is 1. The van der Waals surface area contributed by atoms with Gasteiger partial charge in [0.15, 0.2) is 5.82 Å². The lowest BCUT2D eigenvalue weighted by Crippen LogP contribution is -2.27. The number of aromatic nitrogens is 3. The van der Waals surface area contributed by atoms with E-state index in [2.05, 4.69) is 68.4 Å². The molecule has 4 heterocycles. The molecule has 0 aliphatic carbocycles. The SMILES string of the molecule is CN1CC2CN(c3ccc(-c4ccc5[nH]ccc5c4)nn3)CC2C1. The summed E-state index contributed by atoms with van der Waals surface area (Å²) in [6.45, 7) is 4.64. The molecule has 2 aromatic heterocycles. The van der Waals surface area contributed by atoms with Gasteiger partial charge in [0.1, 0.15) is 0 Å². The second kappa shape index (κ2) is 5.31. The van der Waals surface area contributed by atoms with Crippen molar-refractivity contribution in [2.75, 3.05) is 38.1 Å². The van der Waals surface area contributed by atoms with E-state index in [1.807, 2.05) is 6.20 Å². The number of aromatic amines is 1. The monoisotopic (exact) mass is 319 g/mol. The van der Waals surface area contributed by atoms with Crippen LogP contribution in [0.2, 0.25) is 0 Å². The maximum atomic E-state index is 4.51. The number of nitrogens with zero attached hydrogens (tertiary/aromatic N) is 4. The highest BCUT2D eigenvalue weighted by Crippen LogP contribution is 2.32. The highest BCUT2D eigenvalue weighted by molar-refractivity contribution is 5.84. The molecule has 0 bridgehead atoms. The van der Waals surface area contributed by atoms with E-state index in [1.54, 1.807) is 0 Å². The Morgan fingerprint density at radius 3 is 2.54 bits per heavy atom. The smallest absolute Gasteiger partial charge is 0.151 e. The summed E-state index contributed by atoms with van der Waals surface area (Å²) >= 11 is 0. The first-order valence-electron chi connectivity index (χ1n) is 8.61. The lowest BCUT2D eigenvalue weighted by molar-refractivity contribution is 0.387. The molecule has 24 heavy (non-hydrogen) atoms. The molecule has 0 amide bonds. The van der Waals surface area contributed by atoms with E-state index < -0.39 is 0 Å². The average molecular weight is 319 g/mol. The van der Waals surface area contributed by atoms with Gasteiger partial charge in [0.05, 0.1) is 5.69 Å². The van der Waals surface area contributed by atoms with Crippen molar-refractivity contribution in [3.63, 3.8) is 0 Å². The van der Waals surface area contributed by atoms with Crippen LogP contribution in [0, 0.1) is 11.8 Å². The summed E-state index contributed by atoms with van der Waals surface area (Å²) in [5.74, 6) is 2.58. The molecule has 5 nitrogen and oxygen atoms in total. The van der Waals surface area contributed by atoms with Gasteiger partial charge in [0.25, 0.3) is 0 Å². The van der Waals surface area contributed by atoms with Gasteiger partial charge in [-0.25, -0.2) is 0 Å². The minimum Gasteiger partial charge on any atom is -0.361 e. The summed E-state index contributed by atoms with van der Waals surface area (Å²) in [5, 5.41) is 10.2. The zero-order valence-electron chi connectivity index (χ0n) is 13.8. The predicted molar refractivity (Wildman–Crippen MR) is 96.0 cm³/mol. The Hall–Kier alpha value is -2.40. The van der Waals surface area contributed by atoms with Crippen LogP contribution in [-0.4, -0.2) is 53.3 Å². The summed E-state index contributed by atoms with van der Waals surface area (Å²) in [4.78, 5) is 8.06. The Labute approximate surface area is 141 Å². The Morgan fingerprint density at radius 2 is 1.79 bits per heavy atom. The molecule has 2 saturated heterocycles. The highest BCUT2D eigenvalue weighted by Gasteiger charge is 2.39. The summed E-state index contributed by atoms with van der Waals surface area (Å²) < 4.78 is 0. The topological polar surface area (TPSA) is 48.0 Å². The van der Waals surface area contributed by atoms with Crippen molar-refractivity contribution in [2.45, 2.75) is 0 Å². The lowest BCUT2D eigenvalue weighted by Gasteiger charge is -2.19. The first-order chi connectivity index (χ1) is 11.8. The number of anilines is 1. The first kappa shape index (κ1) is 14.0. The van der Waals surface area contributed by atoms with Crippen molar-refractivity contribution >= 4 is 16.7 Å². The molecule has 1 aromatic carbocycles. The van der Waals surface area contributed by atoms with E-state index in [1.165, 1.54) is 18.5 Å². The fraction of sp³-hybridized carbons (Fsp3) is 0.368. The molecule has 2 aliphatic rings.